The van der Waals surface area contributed by atoms with Crippen molar-refractivity contribution in [2.24, 2.45) is 0 Å². The van der Waals surface area contributed by atoms with Gasteiger partial charge in [0.1, 0.15) is 18.1 Å². The Hall–Kier alpha value is -2.79. The summed E-state index contributed by atoms with van der Waals surface area (Å²) in [5.74, 6) is 1.21. The lowest BCUT2D eigenvalue weighted by Crippen LogP contribution is -2.36. The molecule has 25 heavy (non-hydrogen) atoms. The quantitative estimate of drug-likeness (QED) is 0.901. The molecule has 2 N–H and O–H groups in total. The van der Waals surface area contributed by atoms with Crippen LogP contribution in [-0.2, 0) is 11.2 Å². The molecular weight excluding hydrogens is 318 g/mol. The van der Waals surface area contributed by atoms with Gasteiger partial charge in [-0.05, 0) is 35.4 Å². The van der Waals surface area contributed by atoms with Crippen LogP contribution in [0.3, 0.4) is 0 Å². The summed E-state index contributed by atoms with van der Waals surface area (Å²) in [5.41, 5.74) is 3.38. The number of methoxy groups -OCH3 is 1. The molecule has 2 aromatic carbocycles. The van der Waals surface area contributed by atoms with Crippen molar-refractivity contribution in [3.05, 3.63) is 64.7 Å². The molecule has 5 nitrogen and oxygen atoms in total. The SMILES string of the molecule is COc1ccc2c(c1)C=C(C(=O)N[C@@H]1c3ccccc3C[C@@H]1O)CO2. The summed E-state index contributed by atoms with van der Waals surface area (Å²) in [6, 6.07) is 12.9. The Kier molecular flexibility index (Phi) is 3.93. The summed E-state index contributed by atoms with van der Waals surface area (Å²) in [4.78, 5) is 12.7. The normalized spacial score (nSPS) is 20.8. The summed E-state index contributed by atoms with van der Waals surface area (Å²) in [6.07, 6.45) is 1.75. The van der Waals surface area contributed by atoms with E-state index in [2.05, 4.69) is 5.32 Å². The van der Waals surface area contributed by atoms with E-state index in [1.165, 1.54) is 0 Å². The molecular formula is C20H19NO4. The highest BCUT2D eigenvalue weighted by Crippen LogP contribution is 2.33. The number of nitrogens with one attached hydrogen (secondary N) is 1. The molecule has 2 aliphatic rings. The van der Waals surface area contributed by atoms with Gasteiger partial charge in [0.05, 0.1) is 24.8 Å². The number of aliphatic hydroxyl groups is 1. The van der Waals surface area contributed by atoms with Crippen LogP contribution < -0.4 is 14.8 Å². The Labute approximate surface area is 145 Å². The zero-order valence-corrected chi connectivity index (χ0v) is 13.9. The lowest BCUT2D eigenvalue weighted by atomic mass is 10.0. The zero-order valence-electron chi connectivity index (χ0n) is 13.9. The number of carbonyl (C=O) groups excluding carboxylic acids is 1. The van der Waals surface area contributed by atoms with Crippen LogP contribution in [0.2, 0.25) is 0 Å². The number of aliphatic hydroxyl groups excluding tert-OH is 1. The van der Waals surface area contributed by atoms with Gasteiger partial charge in [-0.2, -0.15) is 0 Å². The topological polar surface area (TPSA) is 67.8 Å². The molecule has 0 saturated carbocycles. The van der Waals surface area contributed by atoms with Crippen molar-refractivity contribution < 1.29 is 19.4 Å². The minimum Gasteiger partial charge on any atom is -0.497 e. The molecule has 0 radical (unpaired) electrons. The Morgan fingerprint density at radius 2 is 2.12 bits per heavy atom. The van der Waals surface area contributed by atoms with Crippen LogP contribution in [0.4, 0.5) is 0 Å². The molecule has 5 heteroatoms. The zero-order chi connectivity index (χ0) is 17.4. The van der Waals surface area contributed by atoms with E-state index >= 15 is 0 Å². The van der Waals surface area contributed by atoms with Crippen LogP contribution in [0.1, 0.15) is 22.7 Å². The van der Waals surface area contributed by atoms with E-state index in [9.17, 15) is 9.90 Å². The first-order chi connectivity index (χ1) is 12.2. The van der Waals surface area contributed by atoms with Gasteiger partial charge in [0, 0.05) is 12.0 Å². The van der Waals surface area contributed by atoms with Crippen LogP contribution in [-0.4, -0.2) is 30.8 Å². The van der Waals surface area contributed by atoms with Crippen LogP contribution in [0.5, 0.6) is 11.5 Å². The number of benzene rings is 2. The standard InChI is InChI=1S/C20H19NO4/c1-24-15-6-7-18-13(9-15)8-14(11-25-18)20(23)21-19-16-5-3-2-4-12(16)10-17(19)22/h2-9,17,19,22H,10-11H2,1H3,(H,21,23)/t17-,19+/m0/s1. The molecule has 4 rings (SSSR count). The summed E-state index contributed by atoms with van der Waals surface area (Å²) in [5, 5.41) is 13.2. The second-order valence-electron chi connectivity index (χ2n) is 6.28. The van der Waals surface area contributed by atoms with E-state index in [0.717, 1.165) is 22.4 Å². The molecule has 1 amide bonds. The molecule has 0 fully saturated rings. The van der Waals surface area contributed by atoms with Gasteiger partial charge in [-0.15, -0.1) is 0 Å². The van der Waals surface area contributed by atoms with Crippen LogP contribution in [0, 0.1) is 0 Å². The van der Waals surface area contributed by atoms with Gasteiger partial charge in [-0.25, -0.2) is 0 Å². The Morgan fingerprint density at radius 1 is 1.28 bits per heavy atom. The maximum atomic E-state index is 12.7. The van der Waals surface area contributed by atoms with E-state index < -0.39 is 12.1 Å². The first kappa shape index (κ1) is 15.7. The average molecular weight is 337 g/mol. The van der Waals surface area contributed by atoms with Gasteiger partial charge in [-0.3, -0.25) is 4.79 Å². The molecule has 1 heterocycles. The van der Waals surface area contributed by atoms with E-state index in [1.54, 1.807) is 7.11 Å². The largest absolute Gasteiger partial charge is 0.497 e. The molecule has 0 unspecified atom stereocenters. The minimum absolute atomic E-state index is 0.204. The number of fused-ring (bicyclic) bond motifs is 2. The molecule has 0 aromatic heterocycles. The number of amides is 1. The maximum absolute atomic E-state index is 12.7. The first-order valence-electron chi connectivity index (χ1n) is 8.24. The third-order valence-corrected chi connectivity index (χ3v) is 4.71. The fraction of sp³-hybridized carbons (Fsp3) is 0.250. The number of hydrogen-bond acceptors (Lipinski definition) is 4. The van der Waals surface area contributed by atoms with Gasteiger partial charge in [-0.1, -0.05) is 24.3 Å². The summed E-state index contributed by atoms with van der Waals surface area (Å²) < 4.78 is 10.9. The third kappa shape index (κ3) is 2.87. The van der Waals surface area contributed by atoms with E-state index in [-0.39, 0.29) is 12.5 Å². The minimum atomic E-state index is -0.612. The van der Waals surface area contributed by atoms with Crippen molar-refractivity contribution in [1.82, 2.24) is 5.32 Å². The molecule has 128 valence electrons. The van der Waals surface area contributed by atoms with E-state index in [0.29, 0.717) is 17.7 Å². The molecule has 1 aliphatic heterocycles. The van der Waals surface area contributed by atoms with E-state index in [1.807, 2.05) is 48.5 Å². The smallest absolute Gasteiger partial charge is 0.251 e. The predicted octanol–water partition coefficient (Wildman–Crippen LogP) is 2.25. The van der Waals surface area contributed by atoms with Crippen LogP contribution >= 0.6 is 0 Å². The van der Waals surface area contributed by atoms with Gasteiger partial charge in [0.15, 0.2) is 0 Å². The summed E-state index contributed by atoms with van der Waals surface area (Å²) in [7, 11) is 1.60. The second-order valence-corrected chi connectivity index (χ2v) is 6.28. The monoisotopic (exact) mass is 337 g/mol. The maximum Gasteiger partial charge on any atom is 0.251 e. The molecule has 0 spiro atoms. The van der Waals surface area contributed by atoms with Crippen molar-refractivity contribution >= 4 is 12.0 Å². The molecule has 2 atom stereocenters. The summed E-state index contributed by atoms with van der Waals surface area (Å²) >= 11 is 0. The highest BCUT2D eigenvalue weighted by Gasteiger charge is 2.32. The van der Waals surface area contributed by atoms with Crippen molar-refractivity contribution in [2.45, 2.75) is 18.6 Å². The number of ether oxygens (including phenoxy) is 2. The van der Waals surface area contributed by atoms with Gasteiger partial charge >= 0.3 is 0 Å². The van der Waals surface area contributed by atoms with Gasteiger partial charge < -0.3 is 19.9 Å². The van der Waals surface area contributed by atoms with Crippen LogP contribution in [0.25, 0.3) is 6.08 Å². The summed E-state index contributed by atoms with van der Waals surface area (Å²) in [6.45, 7) is 0.204. The number of carbonyl (C=O) groups is 1. The van der Waals surface area contributed by atoms with Crippen molar-refractivity contribution in [1.29, 1.82) is 0 Å². The second kappa shape index (κ2) is 6.26. The fourth-order valence-corrected chi connectivity index (χ4v) is 3.40. The molecule has 1 aliphatic carbocycles. The molecule has 2 aromatic rings. The number of hydrogen-bond donors (Lipinski definition) is 2. The van der Waals surface area contributed by atoms with Crippen molar-refractivity contribution in [3.8, 4) is 11.5 Å². The predicted molar refractivity (Wildman–Crippen MR) is 93.5 cm³/mol. The molecule has 0 bridgehead atoms. The Bertz CT molecular complexity index is 859. The average Bonchev–Trinajstić information content (AvgIpc) is 2.96. The van der Waals surface area contributed by atoms with Crippen LogP contribution in [0.15, 0.2) is 48.0 Å². The third-order valence-electron chi connectivity index (χ3n) is 4.71. The lowest BCUT2D eigenvalue weighted by molar-refractivity contribution is -0.119. The fourth-order valence-electron chi connectivity index (χ4n) is 3.40. The lowest BCUT2D eigenvalue weighted by Gasteiger charge is -2.22. The van der Waals surface area contributed by atoms with Gasteiger partial charge in [0.25, 0.3) is 5.91 Å². The number of rotatable bonds is 3. The molecule has 0 saturated heterocycles. The van der Waals surface area contributed by atoms with Gasteiger partial charge in [0.2, 0.25) is 0 Å². The highest BCUT2D eigenvalue weighted by molar-refractivity contribution is 5.99. The Morgan fingerprint density at radius 3 is 2.96 bits per heavy atom. The van der Waals surface area contributed by atoms with Crippen molar-refractivity contribution in [2.75, 3.05) is 13.7 Å². The first-order valence-corrected chi connectivity index (χ1v) is 8.24. The van der Waals surface area contributed by atoms with Crippen molar-refractivity contribution in [3.63, 3.8) is 0 Å². The highest BCUT2D eigenvalue weighted by atomic mass is 16.5. The Balaban J connectivity index is 1.56. The van der Waals surface area contributed by atoms with E-state index in [4.69, 9.17) is 9.47 Å².